The lowest BCUT2D eigenvalue weighted by atomic mass is 9.96. The van der Waals surface area contributed by atoms with Gasteiger partial charge in [-0.05, 0) is 70.6 Å². The lowest BCUT2D eigenvalue weighted by Crippen LogP contribution is -2.35. The summed E-state index contributed by atoms with van der Waals surface area (Å²) < 4.78 is 1.04. The van der Waals surface area contributed by atoms with Crippen LogP contribution in [0.25, 0.3) is 0 Å². The van der Waals surface area contributed by atoms with Crippen LogP contribution in [0.2, 0.25) is 0 Å². The molecular weight excluding hydrogens is 316 g/mol. The Morgan fingerprint density at radius 3 is 2.65 bits per heavy atom. The average molecular weight is 341 g/mol. The van der Waals surface area contributed by atoms with E-state index in [0.717, 1.165) is 34.6 Å². The Labute approximate surface area is 130 Å². The smallest absolute Gasteiger partial charge is 0.123 e. The van der Waals surface area contributed by atoms with Gasteiger partial charge in [0.05, 0.1) is 0 Å². The van der Waals surface area contributed by atoms with E-state index in [4.69, 9.17) is 0 Å². The summed E-state index contributed by atoms with van der Waals surface area (Å²) in [6.45, 7) is 6.28. The van der Waals surface area contributed by atoms with Crippen LogP contribution < -0.4 is 0 Å². The van der Waals surface area contributed by atoms with Crippen LogP contribution >= 0.6 is 15.9 Å². The average Bonchev–Trinajstić information content (AvgIpc) is 2.38. The molecule has 1 aromatic carbocycles. The van der Waals surface area contributed by atoms with Gasteiger partial charge in [0.1, 0.15) is 5.75 Å². The summed E-state index contributed by atoms with van der Waals surface area (Å²) in [6.07, 6.45) is 2.56. The van der Waals surface area contributed by atoms with Crippen LogP contribution in [-0.2, 0) is 6.54 Å². The molecule has 0 aromatic heterocycles. The topological polar surface area (TPSA) is 26.7 Å². The molecule has 0 radical (unpaired) electrons. The highest BCUT2D eigenvalue weighted by Crippen LogP contribution is 2.28. The van der Waals surface area contributed by atoms with E-state index in [2.05, 4.69) is 39.8 Å². The third-order valence-electron chi connectivity index (χ3n) is 4.19. The molecule has 1 saturated heterocycles. The van der Waals surface area contributed by atoms with Crippen LogP contribution in [0.3, 0.4) is 0 Å². The quantitative estimate of drug-likeness (QED) is 0.911. The Hall–Kier alpha value is -0.580. The maximum atomic E-state index is 10.2. The molecule has 1 aliphatic rings. The molecule has 1 N–H and O–H groups in total. The zero-order chi connectivity index (χ0) is 14.7. The first-order valence-electron chi connectivity index (χ1n) is 7.30. The largest absolute Gasteiger partial charge is 0.507 e. The summed E-state index contributed by atoms with van der Waals surface area (Å²) in [7, 11) is 4.34. The minimum atomic E-state index is 0.434. The first-order valence-corrected chi connectivity index (χ1v) is 8.10. The zero-order valence-corrected chi connectivity index (χ0v) is 14.3. The molecule has 1 heterocycles. The van der Waals surface area contributed by atoms with Crippen molar-refractivity contribution in [2.75, 3.05) is 33.7 Å². The van der Waals surface area contributed by atoms with Gasteiger partial charge in [0.2, 0.25) is 0 Å². The molecule has 0 spiro atoms. The third-order valence-corrected chi connectivity index (χ3v) is 4.65. The van der Waals surface area contributed by atoms with Gasteiger partial charge in [-0.3, -0.25) is 0 Å². The molecule has 4 heteroatoms. The Kier molecular flexibility index (Phi) is 5.47. The van der Waals surface area contributed by atoms with Gasteiger partial charge in [-0.2, -0.15) is 0 Å². The van der Waals surface area contributed by atoms with E-state index in [1.807, 2.05) is 19.1 Å². The predicted octanol–water partition coefficient (Wildman–Crippen LogP) is 3.24. The van der Waals surface area contributed by atoms with Crippen molar-refractivity contribution < 1.29 is 5.11 Å². The fraction of sp³-hybridized carbons (Fsp3) is 0.625. The van der Waals surface area contributed by atoms with E-state index in [0.29, 0.717) is 5.75 Å². The van der Waals surface area contributed by atoms with Crippen molar-refractivity contribution in [2.24, 2.45) is 5.92 Å². The van der Waals surface area contributed by atoms with Crippen molar-refractivity contribution >= 4 is 15.9 Å². The number of halogens is 1. The van der Waals surface area contributed by atoms with Crippen molar-refractivity contribution in [3.63, 3.8) is 0 Å². The van der Waals surface area contributed by atoms with Crippen LogP contribution in [0.1, 0.15) is 24.0 Å². The molecule has 0 unspecified atom stereocenters. The molecule has 0 atom stereocenters. The molecule has 112 valence electrons. The number of benzene rings is 1. The van der Waals surface area contributed by atoms with E-state index in [1.54, 1.807) is 0 Å². The second kappa shape index (κ2) is 6.92. The molecule has 20 heavy (non-hydrogen) atoms. The van der Waals surface area contributed by atoms with Gasteiger partial charge in [-0.15, -0.1) is 0 Å². The monoisotopic (exact) mass is 340 g/mol. The highest BCUT2D eigenvalue weighted by Gasteiger charge is 2.18. The van der Waals surface area contributed by atoms with Crippen molar-refractivity contribution in [3.05, 3.63) is 27.7 Å². The Morgan fingerprint density at radius 2 is 2.00 bits per heavy atom. The number of aromatic hydroxyl groups is 1. The molecule has 1 aliphatic heterocycles. The highest BCUT2D eigenvalue weighted by atomic mass is 79.9. The SMILES string of the molecule is Cc1cc(Br)cc(CN(C)CC2CCN(C)CC2)c1O. The molecule has 1 aromatic rings. The van der Waals surface area contributed by atoms with Crippen LogP contribution in [0, 0.1) is 12.8 Å². The Morgan fingerprint density at radius 1 is 1.35 bits per heavy atom. The van der Waals surface area contributed by atoms with Crippen LogP contribution in [0.4, 0.5) is 0 Å². The molecule has 0 amide bonds. The number of phenolic OH excluding ortho intramolecular Hbond substituents is 1. The summed E-state index contributed by atoms with van der Waals surface area (Å²) in [5.74, 6) is 1.22. The number of piperidine rings is 1. The minimum absolute atomic E-state index is 0.434. The normalized spacial score (nSPS) is 17.9. The maximum Gasteiger partial charge on any atom is 0.123 e. The van der Waals surface area contributed by atoms with E-state index in [-0.39, 0.29) is 0 Å². The summed E-state index contributed by atoms with van der Waals surface area (Å²) in [4.78, 5) is 4.73. The zero-order valence-electron chi connectivity index (χ0n) is 12.7. The van der Waals surface area contributed by atoms with Gasteiger partial charge in [-0.1, -0.05) is 15.9 Å². The molecular formula is C16H25BrN2O. The molecule has 0 bridgehead atoms. The lowest BCUT2D eigenvalue weighted by molar-refractivity contribution is 0.173. The van der Waals surface area contributed by atoms with Gasteiger partial charge in [0, 0.05) is 23.1 Å². The Balaban J connectivity index is 1.93. The summed E-state index contributed by atoms with van der Waals surface area (Å²) in [5, 5.41) is 10.2. The number of phenols is 1. The summed E-state index contributed by atoms with van der Waals surface area (Å²) >= 11 is 3.51. The first-order chi connectivity index (χ1) is 9.45. The fourth-order valence-electron chi connectivity index (χ4n) is 2.97. The molecule has 1 fully saturated rings. The molecule has 2 rings (SSSR count). The van der Waals surface area contributed by atoms with Gasteiger partial charge in [-0.25, -0.2) is 0 Å². The highest BCUT2D eigenvalue weighted by molar-refractivity contribution is 9.10. The fourth-order valence-corrected chi connectivity index (χ4v) is 3.59. The predicted molar refractivity (Wildman–Crippen MR) is 87.1 cm³/mol. The molecule has 0 saturated carbocycles. The second-order valence-electron chi connectivity index (χ2n) is 6.17. The van der Waals surface area contributed by atoms with Gasteiger partial charge in [0.15, 0.2) is 0 Å². The standard InChI is InChI=1S/C16H25BrN2O/c1-12-8-15(17)9-14(16(12)20)11-19(3)10-13-4-6-18(2)7-5-13/h8-9,13,20H,4-7,10-11H2,1-3H3. The maximum absolute atomic E-state index is 10.2. The molecule has 3 nitrogen and oxygen atoms in total. The number of hydrogen-bond acceptors (Lipinski definition) is 3. The van der Waals surface area contributed by atoms with Crippen molar-refractivity contribution in [1.29, 1.82) is 0 Å². The van der Waals surface area contributed by atoms with Gasteiger partial charge < -0.3 is 14.9 Å². The number of rotatable bonds is 4. The summed E-state index contributed by atoms with van der Waals surface area (Å²) in [6, 6.07) is 3.98. The van der Waals surface area contributed by atoms with Crippen LogP contribution in [0.5, 0.6) is 5.75 Å². The number of hydrogen-bond donors (Lipinski definition) is 1. The van der Waals surface area contributed by atoms with E-state index in [1.165, 1.54) is 25.9 Å². The Bertz CT molecular complexity index is 456. The first kappa shape index (κ1) is 15.8. The third kappa shape index (κ3) is 4.21. The minimum Gasteiger partial charge on any atom is -0.507 e. The second-order valence-corrected chi connectivity index (χ2v) is 7.09. The van der Waals surface area contributed by atoms with Crippen molar-refractivity contribution in [3.8, 4) is 5.75 Å². The van der Waals surface area contributed by atoms with Gasteiger partial charge in [0.25, 0.3) is 0 Å². The van der Waals surface area contributed by atoms with E-state index in [9.17, 15) is 5.11 Å². The van der Waals surface area contributed by atoms with E-state index >= 15 is 0 Å². The van der Waals surface area contributed by atoms with Crippen molar-refractivity contribution in [2.45, 2.75) is 26.3 Å². The van der Waals surface area contributed by atoms with E-state index < -0.39 is 0 Å². The van der Waals surface area contributed by atoms with Crippen LogP contribution in [-0.4, -0.2) is 48.6 Å². The number of aryl methyl sites for hydroxylation is 1. The summed E-state index contributed by atoms with van der Waals surface area (Å²) in [5.41, 5.74) is 1.94. The van der Waals surface area contributed by atoms with Crippen molar-refractivity contribution in [1.82, 2.24) is 9.80 Å². The number of nitrogens with zero attached hydrogens (tertiary/aromatic N) is 2. The number of likely N-dealkylation sites (tertiary alicyclic amines) is 1. The van der Waals surface area contributed by atoms with Gasteiger partial charge >= 0.3 is 0 Å². The molecule has 0 aliphatic carbocycles. The lowest BCUT2D eigenvalue weighted by Gasteiger charge is -2.31. The van der Waals surface area contributed by atoms with Crippen LogP contribution in [0.15, 0.2) is 16.6 Å².